The number of anilines is 2. The van der Waals surface area contributed by atoms with Crippen LogP contribution in [0.1, 0.15) is 26.3 Å². The highest BCUT2D eigenvalue weighted by Gasteiger charge is 2.36. The van der Waals surface area contributed by atoms with Crippen LogP contribution in [0.5, 0.6) is 11.6 Å². The smallest absolute Gasteiger partial charge is 0.423 e. The van der Waals surface area contributed by atoms with Crippen LogP contribution in [-0.4, -0.2) is 29.7 Å². The summed E-state index contributed by atoms with van der Waals surface area (Å²) in [6, 6.07) is 7.21. The molecule has 0 aliphatic heterocycles. The van der Waals surface area contributed by atoms with Gasteiger partial charge in [0, 0.05) is 24.5 Å². The number of aromatic nitrogens is 2. The van der Waals surface area contributed by atoms with Gasteiger partial charge in [0.25, 0.3) is 0 Å². The number of halogens is 3. The van der Waals surface area contributed by atoms with Crippen molar-refractivity contribution in [1.82, 2.24) is 9.97 Å². The highest BCUT2D eigenvalue weighted by molar-refractivity contribution is 5.59. The van der Waals surface area contributed by atoms with Crippen LogP contribution < -0.4 is 14.4 Å². The predicted molar refractivity (Wildman–Crippen MR) is 88.5 cm³/mol. The van der Waals surface area contributed by atoms with E-state index < -0.39 is 17.6 Å². The minimum Gasteiger partial charge on any atom is -0.491 e. The van der Waals surface area contributed by atoms with E-state index in [0.717, 1.165) is 13.3 Å². The zero-order valence-corrected chi connectivity index (χ0v) is 14.5. The molecule has 1 heterocycles. The SMILES string of the molecule is CCN(c1cccc(OC(C)C)c1)c1ncc(C(F)(F)F)c(OC)n1. The minimum absolute atomic E-state index is 0.00717. The third kappa shape index (κ3) is 4.52. The Bertz CT molecular complexity index is 721. The Labute approximate surface area is 144 Å². The fraction of sp³-hybridized carbons (Fsp3) is 0.412. The second-order valence-corrected chi connectivity index (χ2v) is 5.50. The predicted octanol–water partition coefficient (Wildman–Crippen LogP) is 4.45. The van der Waals surface area contributed by atoms with Crippen molar-refractivity contribution in [2.45, 2.75) is 33.1 Å². The molecule has 1 aromatic heterocycles. The van der Waals surface area contributed by atoms with Gasteiger partial charge in [-0.3, -0.25) is 0 Å². The van der Waals surface area contributed by atoms with Gasteiger partial charge in [-0.25, -0.2) is 4.98 Å². The second-order valence-electron chi connectivity index (χ2n) is 5.50. The molecule has 0 aliphatic rings. The zero-order valence-electron chi connectivity index (χ0n) is 14.5. The fourth-order valence-electron chi connectivity index (χ4n) is 2.27. The average Bonchev–Trinajstić information content (AvgIpc) is 2.54. The lowest BCUT2D eigenvalue weighted by molar-refractivity contribution is -0.139. The lowest BCUT2D eigenvalue weighted by atomic mass is 10.2. The van der Waals surface area contributed by atoms with E-state index in [2.05, 4.69) is 9.97 Å². The molecule has 0 aliphatic carbocycles. The van der Waals surface area contributed by atoms with Crippen LogP contribution in [0, 0.1) is 0 Å². The molecule has 0 radical (unpaired) electrons. The van der Waals surface area contributed by atoms with Crippen LogP contribution in [0.2, 0.25) is 0 Å². The van der Waals surface area contributed by atoms with Gasteiger partial charge in [0.05, 0.1) is 13.2 Å². The van der Waals surface area contributed by atoms with Crippen molar-refractivity contribution in [2.75, 3.05) is 18.6 Å². The lowest BCUT2D eigenvalue weighted by Gasteiger charge is -2.23. The molecule has 136 valence electrons. The van der Waals surface area contributed by atoms with Crippen LogP contribution >= 0.6 is 0 Å². The van der Waals surface area contributed by atoms with Crippen LogP contribution in [0.25, 0.3) is 0 Å². The van der Waals surface area contributed by atoms with Crippen LogP contribution in [0.3, 0.4) is 0 Å². The van der Waals surface area contributed by atoms with Gasteiger partial charge in [-0.15, -0.1) is 0 Å². The van der Waals surface area contributed by atoms with Gasteiger partial charge in [-0.2, -0.15) is 18.2 Å². The van der Waals surface area contributed by atoms with E-state index in [9.17, 15) is 13.2 Å². The standard InChI is InChI=1S/C17H20F3N3O2/c1-5-23(12-7-6-8-13(9-12)25-11(2)3)16-21-10-14(17(18,19)20)15(22-16)24-4/h6-11H,5H2,1-4H3. The van der Waals surface area contributed by atoms with Gasteiger partial charge in [-0.1, -0.05) is 6.07 Å². The van der Waals surface area contributed by atoms with E-state index in [-0.39, 0.29) is 12.1 Å². The van der Waals surface area contributed by atoms with Gasteiger partial charge in [0.2, 0.25) is 11.8 Å². The first kappa shape index (κ1) is 18.8. The summed E-state index contributed by atoms with van der Waals surface area (Å²) >= 11 is 0. The Balaban J connectivity index is 2.41. The quantitative estimate of drug-likeness (QED) is 0.766. The van der Waals surface area contributed by atoms with Crippen molar-refractivity contribution in [1.29, 1.82) is 0 Å². The Morgan fingerprint density at radius 2 is 1.96 bits per heavy atom. The summed E-state index contributed by atoms with van der Waals surface area (Å²) in [6.07, 6.45) is -3.84. The maximum Gasteiger partial charge on any atom is 0.423 e. The molecule has 2 rings (SSSR count). The van der Waals surface area contributed by atoms with Gasteiger partial charge >= 0.3 is 6.18 Å². The summed E-state index contributed by atoms with van der Waals surface area (Å²) in [6.45, 7) is 6.13. The number of rotatable bonds is 6. The average molecular weight is 355 g/mol. The Hall–Kier alpha value is -2.51. The summed E-state index contributed by atoms with van der Waals surface area (Å²) in [7, 11) is 1.15. The Morgan fingerprint density at radius 3 is 2.52 bits per heavy atom. The number of alkyl halides is 3. The summed E-state index contributed by atoms with van der Waals surface area (Å²) in [5.41, 5.74) is -0.297. The minimum atomic E-state index is -4.58. The number of ether oxygens (including phenoxy) is 2. The van der Waals surface area contributed by atoms with Crippen LogP contribution in [0.4, 0.5) is 24.8 Å². The van der Waals surface area contributed by atoms with Gasteiger partial charge < -0.3 is 14.4 Å². The largest absolute Gasteiger partial charge is 0.491 e. The molecule has 5 nitrogen and oxygen atoms in total. The number of benzene rings is 1. The van der Waals surface area contributed by atoms with Gasteiger partial charge in [0.15, 0.2) is 0 Å². The Kier molecular flexibility index (Phi) is 5.71. The van der Waals surface area contributed by atoms with E-state index in [4.69, 9.17) is 9.47 Å². The molecule has 0 amide bonds. The third-order valence-corrected chi connectivity index (χ3v) is 3.30. The topological polar surface area (TPSA) is 47.5 Å². The first-order valence-electron chi connectivity index (χ1n) is 7.78. The summed E-state index contributed by atoms with van der Waals surface area (Å²) in [5, 5.41) is 0. The fourth-order valence-corrected chi connectivity index (χ4v) is 2.27. The molecule has 0 bridgehead atoms. The highest BCUT2D eigenvalue weighted by Crippen LogP contribution is 2.36. The first-order chi connectivity index (χ1) is 11.8. The molecule has 1 aromatic carbocycles. The van der Waals surface area contributed by atoms with E-state index in [1.54, 1.807) is 17.0 Å². The zero-order chi connectivity index (χ0) is 18.6. The first-order valence-corrected chi connectivity index (χ1v) is 7.78. The summed E-state index contributed by atoms with van der Waals surface area (Å²) < 4.78 is 49.3. The number of hydrogen-bond acceptors (Lipinski definition) is 5. The molecule has 0 atom stereocenters. The molecular formula is C17H20F3N3O2. The molecule has 2 aromatic rings. The van der Waals surface area contributed by atoms with Crippen molar-refractivity contribution in [3.63, 3.8) is 0 Å². The van der Waals surface area contributed by atoms with Crippen molar-refractivity contribution < 1.29 is 22.6 Å². The summed E-state index contributed by atoms with van der Waals surface area (Å²) in [5.74, 6) is 0.268. The van der Waals surface area contributed by atoms with E-state index in [1.807, 2.05) is 32.9 Å². The maximum absolute atomic E-state index is 13.0. The molecular weight excluding hydrogens is 335 g/mol. The number of methoxy groups -OCH3 is 1. The molecule has 0 unspecified atom stereocenters. The van der Waals surface area contributed by atoms with Gasteiger partial charge in [0.1, 0.15) is 11.3 Å². The van der Waals surface area contributed by atoms with E-state index in [0.29, 0.717) is 18.0 Å². The third-order valence-electron chi connectivity index (χ3n) is 3.30. The van der Waals surface area contributed by atoms with Crippen molar-refractivity contribution in [3.05, 3.63) is 36.0 Å². The van der Waals surface area contributed by atoms with Crippen LogP contribution in [0.15, 0.2) is 30.5 Å². The Morgan fingerprint density at radius 1 is 1.24 bits per heavy atom. The molecule has 0 spiro atoms. The second kappa shape index (κ2) is 7.58. The molecule has 0 saturated carbocycles. The van der Waals surface area contributed by atoms with Crippen molar-refractivity contribution in [2.24, 2.45) is 0 Å². The lowest BCUT2D eigenvalue weighted by Crippen LogP contribution is -2.20. The van der Waals surface area contributed by atoms with Crippen molar-refractivity contribution in [3.8, 4) is 11.6 Å². The molecule has 25 heavy (non-hydrogen) atoms. The number of nitrogens with zero attached hydrogens (tertiary/aromatic N) is 3. The summed E-state index contributed by atoms with van der Waals surface area (Å²) in [4.78, 5) is 9.47. The van der Waals surface area contributed by atoms with E-state index >= 15 is 0 Å². The monoisotopic (exact) mass is 355 g/mol. The highest BCUT2D eigenvalue weighted by atomic mass is 19.4. The molecule has 0 N–H and O–H groups in total. The van der Waals surface area contributed by atoms with Crippen LogP contribution in [-0.2, 0) is 6.18 Å². The van der Waals surface area contributed by atoms with Gasteiger partial charge in [-0.05, 0) is 32.9 Å². The van der Waals surface area contributed by atoms with Crippen molar-refractivity contribution >= 4 is 11.6 Å². The molecule has 8 heteroatoms. The maximum atomic E-state index is 13.0. The number of hydrogen-bond donors (Lipinski definition) is 0. The molecule has 0 saturated heterocycles. The normalized spacial score (nSPS) is 11.5. The van der Waals surface area contributed by atoms with E-state index in [1.165, 1.54) is 0 Å². The molecule has 0 fully saturated rings.